The van der Waals surface area contributed by atoms with E-state index in [0.717, 1.165) is 12.8 Å². The Labute approximate surface area is 114 Å². The lowest BCUT2D eigenvalue weighted by Crippen LogP contribution is -2.51. The van der Waals surface area contributed by atoms with Gasteiger partial charge in [-0.3, -0.25) is 9.69 Å². The Morgan fingerprint density at radius 3 is 2.53 bits per heavy atom. The number of carbonyl (C=O) groups is 1. The van der Waals surface area contributed by atoms with E-state index in [1.807, 2.05) is 0 Å². The van der Waals surface area contributed by atoms with Crippen LogP contribution in [0.3, 0.4) is 0 Å². The van der Waals surface area contributed by atoms with Crippen LogP contribution in [0.4, 0.5) is 0 Å². The Morgan fingerprint density at radius 2 is 2.00 bits per heavy atom. The van der Waals surface area contributed by atoms with Crippen LogP contribution in [-0.4, -0.2) is 69.6 Å². The summed E-state index contributed by atoms with van der Waals surface area (Å²) in [5, 5.41) is 3.09. The molecule has 0 aromatic carbocycles. The van der Waals surface area contributed by atoms with E-state index < -0.39 is 15.4 Å². The summed E-state index contributed by atoms with van der Waals surface area (Å²) in [4.78, 5) is 14.1. The summed E-state index contributed by atoms with van der Waals surface area (Å²) in [5.41, 5.74) is -0.601. The highest BCUT2D eigenvalue weighted by Crippen LogP contribution is 2.34. The van der Waals surface area contributed by atoms with Crippen LogP contribution in [0.25, 0.3) is 0 Å². The maximum atomic E-state index is 11.9. The van der Waals surface area contributed by atoms with Crippen LogP contribution in [0.1, 0.15) is 19.3 Å². The van der Waals surface area contributed by atoms with Crippen LogP contribution in [0.2, 0.25) is 0 Å². The minimum absolute atomic E-state index is 0.220. The Morgan fingerprint density at radius 1 is 1.37 bits per heavy atom. The Kier molecular flexibility index (Phi) is 4.17. The number of hydrogen-bond donors (Lipinski definition) is 1. The number of sulfone groups is 1. The normalized spacial score (nSPS) is 35.2. The van der Waals surface area contributed by atoms with Crippen molar-refractivity contribution in [3.63, 3.8) is 0 Å². The minimum Gasteiger partial charge on any atom is -0.468 e. The van der Waals surface area contributed by atoms with Crippen molar-refractivity contribution in [1.29, 1.82) is 0 Å². The highest BCUT2D eigenvalue weighted by molar-refractivity contribution is 7.91. The fraction of sp³-hybridized carbons (Fsp3) is 0.917. The second-order valence-corrected chi connectivity index (χ2v) is 7.71. The molecule has 0 aromatic rings. The van der Waals surface area contributed by atoms with E-state index in [0.29, 0.717) is 19.5 Å². The molecule has 110 valence electrons. The molecule has 0 aromatic heterocycles. The van der Waals surface area contributed by atoms with Gasteiger partial charge in [0.2, 0.25) is 0 Å². The molecule has 0 amide bonds. The molecular formula is C12H22N2O4S. The first-order valence-electron chi connectivity index (χ1n) is 6.64. The Bertz CT molecular complexity index is 437. The lowest BCUT2D eigenvalue weighted by atomic mass is 9.97. The zero-order chi connectivity index (χ0) is 14.1. The van der Waals surface area contributed by atoms with E-state index in [-0.39, 0.29) is 23.5 Å². The summed E-state index contributed by atoms with van der Waals surface area (Å²) in [5.74, 6) is 0.241. The molecule has 0 spiro atoms. The van der Waals surface area contributed by atoms with Gasteiger partial charge in [-0.15, -0.1) is 0 Å². The minimum atomic E-state index is -2.85. The third-order valence-electron chi connectivity index (χ3n) is 4.44. The highest BCUT2D eigenvalue weighted by Gasteiger charge is 2.47. The summed E-state index contributed by atoms with van der Waals surface area (Å²) >= 11 is 0. The standard InChI is InChI=1S/C12H22N2O4S/c1-13-12(11(15)18-2)4-3-10(9-12)14-5-7-19(16,17)8-6-14/h10,13H,3-9H2,1-2H3. The van der Waals surface area contributed by atoms with Gasteiger partial charge in [-0.05, 0) is 26.3 Å². The highest BCUT2D eigenvalue weighted by atomic mass is 32.2. The van der Waals surface area contributed by atoms with Crippen LogP contribution < -0.4 is 5.32 Å². The number of esters is 1. The van der Waals surface area contributed by atoms with Crippen molar-refractivity contribution in [1.82, 2.24) is 10.2 Å². The van der Waals surface area contributed by atoms with Crippen molar-refractivity contribution in [3.05, 3.63) is 0 Å². The quantitative estimate of drug-likeness (QED) is 0.700. The third-order valence-corrected chi connectivity index (χ3v) is 6.05. The first-order chi connectivity index (χ1) is 8.92. The van der Waals surface area contributed by atoms with Gasteiger partial charge in [0.25, 0.3) is 0 Å². The SMILES string of the molecule is CNC1(C(=O)OC)CCC(N2CCS(=O)(=O)CC2)C1. The molecule has 1 saturated heterocycles. The number of carbonyl (C=O) groups excluding carboxylic acids is 1. The van der Waals surface area contributed by atoms with Crippen molar-refractivity contribution in [2.45, 2.75) is 30.8 Å². The zero-order valence-corrected chi connectivity index (χ0v) is 12.3. The predicted octanol–water partition coefficient (Wildman–Crippen LogP) is -0.599. The van der Waals surface area contributed by atoms with Crippen LogP contribution in [0.15, 0.2) is 0 Å². The molecule has 2 unspecified atom stereocenters. The molecule has 1 heterocycles. The van der Waals surface area contributed by atoms with Gasteiger partial charge in [-0.2, -0.15) is 0 Å². The number of likely N-dealkylation sites (N-methyl/N-ethyl adjacent to an activating group) is 1. The van der Waals surface area contributed by atoms with Crippen molar-refractivity contribution < 1.29 is 17.9 Å². The van der Waals surface area contributed by atoms with E-state index in [2.05, 4.69) is 10.2 Å². The summed E-state index contributed by atoms with van der Waals surface area (Å²) in [6.45, 7) is 1.15. The van der Waals surface area contributed by atoms with E-state index in [1.165, 1.54) is 7.11 Å². The average molecular weight is 290 g/mol. The summed E-state index contributed by atoms with van der Waals surface area (Å²) in [6.07, 6.45) is 2.33. The molecule has 2 aliphatic rings. The first-order valence-corrected chi connectivity index (χ1v) is 8.46. The molecule has 2 fully saturated rings. The van der Waals surface area contributed by atoms with E-state index >= 15 is 0 Å². The molecule has 2 atom stereocenters. The maximum Gasteiger partial charge on any atom is 0.326 e. The van der Waals surface area contributed by atoms with Crippen molar-refractivity contribution in [2.75, 3.05) is 38.8 Å². The lowest BCUT2D eigenvalue weighted by Gasteiger charge is -2.33. The Balaban J connectivity index is 2.00. The predicted molar refractivity (Wildman–Crippen MR) is 71.7 cm³/mol. The number of methoxy groups -OCH3 is 1. The fourth-order valence-electron chi connectivity index (χ4n) is 3.13. The number of hydrogen-bond acceptors (Lipinski definition) is 6. The maximum absolute atomic E-state index is 11.9. The van der Waals surface area contributed by atoms with Gasteiger partial charge in [-0.1, -0.05) is 0 Å². The molecule has 1 saturated carbocycles. The summed E-state index contributed by atoms with van der Waals surface area (Å²) in [6, 6.07) is 0.266. The number of nitrogens with one attached hydrogen (secondary N) is 1. The molecule has 6 nitrogen and oxygen atoms in total. The molecular weight excluding hydrogens is 268 g/mol. The van der Waals surface area contributed by atoms with Crippen molar-refractivity contribution >= 4 is 15.8 Å². The number of nitrogens with zero attached hydrogens (tertiary/aromatic N) is 1. The molecule has 0 bridgehead atoms. The number of ether oxygens (including phenoxy) is 1. The smallest absolute Gasteiger partial charge is 0.326 e. The van der Waals surface area contributed by atoms with Gasteiger partial charge in [0.1, 0.15) is 5.54 Å². The van der Waals surface area contributed by atoms with Gasteiger partial charge >= 0.3 is 5.97 Å². The largest absolute Gasteiger partial charge is 0.468 e. The number of rotatable bonds is 3. The second-order valence-electron chi connectivity index (χ2n) is 5.41. The molecule has 2 rings (SSSR count). The summed E-state index contributed by atoms with van der Waals surface area (Å²) in [7, 11) is 0.333. The van der Waals surface area contributed by atoms with Gasteiger partial charge in [0.05, 0.1) is 18.6 Å². The van der Waals surface area contributed by atoms with Crippen molar-refractivity contribution in [2.24, 2.45) is 0 Å². The first kappa shape index (κ1) is 14.7. The van der Waals surface area contributed by atoms with Crippen LogP contribution in [0.5, 0.6) is 0 Å². The molecule has 0 radical (unpaired) electrons. The van der Waals surface area contributed by atoms with Crippen LogP contribution >= 0.6 is 0 Å². The zero-order valence-electron chi connectivity index (χ0n) is 11.5. The van der Waals surface area contributed by atoms with Gasteiger partial charge in [0.15, 0.2) is 9.84 Å². The molecule has 19 heavy (non-hydrogen) atoms. The van der Waals surface area contributed by atoms with Gasteiger partial charge in [0, 0.05) is 19.1 Å². The monoisotopic (exact) mass is 290 g/mol. The lowest BCUT2D eigenvalue weighted by molar-refractivity contribution is -0.148. The summed E-state index contributed by atoms with van der Waals surface area (Å²) < 4.78 is 27.8. The van der Waals surface area contributed by atoms with E-state index in [4.69, 9.17) is 4.74 Å². The Hall–Kier alpha value is -0.660. The van der Waals surface area contributed by atoms with Gasteiger partial charge in [-0.25, -0.2) is 8.42 Å². The van der Waals surface area contributed by atoms with Crippen LogP contribution in [-0.2, 0) is 19.4 Å². The molecule has 1 aliphatic heterocycles. The molecule has 7 heteroatoms. The topological polar surface area (TPSA) is 75.7 Å². The third kappa shape index (κ3) is 2.93. The fourth-order valence-corrected chi connectivity index (χ4v) is 4.36. The van der Waals surface area contributed by atoms with E-state index in [1.54, 1.807) is 7.05 Å². The molecule has 1 N–H and O–H groups in total. The van der Waals surface area contributed by atoms with Crippen LogP contribution in [0, 0.1) is 0 Å². The molecule has 1 aliphatic carbocycles. The van der Waals surface area contributed by atoms with E-state index in [9.17, 15) is 13.2 Å². The van der Waals surface area contributed by atoms with Gasteiger partial charge < -0.3 is 10.1 Å². The van der Waals surface area contributed by atoms with Crippen molar-refractivity contribution in [3.8, 4) is 0 Å². The average Bonchev–Trinajstić information content (AvgIpc) is 2.83. The second kappa shape index (κ2) is 5.38.